The predicted molar refractivity (Wildman–Crippen MR) is 109 cm³/mol. The summed E-state index contributed by atoms with van der Waals surface area (Å²) in [6.07, 6.45) is 1.57. The van der Waals surface area contributed by atoms with E-state index in [0.29, 0.717) is 17.5 Å². The molecule has 0 spiro atoms. The van der Waals surface area contributed by atoms with Gasteiger partial charge in [-0.2, -0.15) is 10.1 Å². The molecule has 0 saturated heterocycles. The van der Waals surface area contributed by atoms with Gasteiger partial charge in [0.05, 0.1) is 6.20 Å². The van der Waals surface area contributed by atoms with Crippen LogP contribution >= 0.6 is 0 Å². The van der Waals surface area contributed by atoms with Crippen molar-refractivity contribution in [3.63, 3.8) is 0 Å². The van der Waals surface area contributed by atoms with Gasteiger partial charge in [0, 0.05) is 36.2 Å². The fourth-order valence-electron chi connectivity index (χ4n) is 3.01. The second-order valence-electron chi connectivity index (χ2n) is 6.20. The van der Waals surface area contributed by atoms with E-state index in [2.05, 4.69) is 56.7 Å². The number of ether oxygens (including phenoxy) is 2. The van der Waals surface area contributed by atoms with Gasteiger partial charge < -0.3 is 25.0 Å². The highest BCUT2D eigenvalue weighted by molar-refractivity contribution is 5.63. The SMILES string of the molecule is CCN(CC)c1ccc(Nc2nncc(Nc3ccc4c(c3)OCO4)n2)cc1. The van der Waals surface area contributed by atoms with E-state index in [4.69, 9.17) is 9.47 Å². The minimum Gasteiger partial charge on any atom is -0.454 e. The Morgan fingerprint density at radius 2 is 1.68 bits per heavy atom. The number of benzene rings is 2. The third kappa shape index (κ3) is 3.90. The molecule has 0 atom stereocenters. The number of hydrogen-bond donors (Lipinski definition) is 2. The Morgan fingerprint density at radius 1 is 0.929 bits per heavy atom. The van der Waals surface area contributed by atoms with E-state index < -0.39 is 0 Å². The van der Waals surface area contributed by atoms with Gasteiger partial charge in [0.15, 0.2) is 17.3 Å². The van der Waals surface area contributed by atoms with Gasteiger partial charge in [-0.1, -0.05) is 0 Å². The van der Waals surface area contributed by atoms with Crippen LogP contribution in [-0.4, -0.2) is 35.1 Å². The first-order valence-corrected chi connectivity index (χ1v) is 9.23. The van der Waals surface area contributed by atoms with Gasteiger partial charge in [0.1, 0.15) is 0 Å². The van der Waals surface area contributed by atoms with Crippen LogP contribution in [0.2, 0.25) is 0 Å². The predicted octanol–water partition coefficient (Wildman–Crippen LogP) is 3.93. The van der Waals surface area contributed by atoms with Gasteiger partial charge in [-0.25, -0.2) is 0 Å². The molecule has 1 aliphatic heterocycles. The standard InChI is InChI=1S/C20H22N6O2/c1-3-26(4-2)16-8-5-14(6-9-16)23-20-24-19(12-21-25-20)22-15-7-10-17-18(11-15)28-13-27-17/h5-12H,3-4,13H2,1-2H3,(H2,22,23,24,25). The number of aromatic nitrogens is 3. The van der Waals surface area contributed by atoms with E-state index in [0.717, 1.165) is 30.2 Å². The number of hydrogen-bond acceptors (Lipinski definition) is 8. The first-order valence-electron chi connectivity index (χ1n) is 9.23. The quantitative estimate of drug-likeness (QED) is 0.640. The average molecular weight is 378 g/mol. The van der Waals surface area contributed by atoms with Crippen LogP contribution in [0.4, 0.5) is 28.8 Å². The average Bonchev–Trinajstić information content (AvgIpc) is 3.18. The molecular formula is C20H22N6O2. The van der Waals surface area contributed by atoms with E-state index >= 15 is 0 Å². The lowest BCUT2D eigenvalue weighted by atomic mass is 10.2. The van der Waals surface area contributed by atoms with Crippen molar-refractivity contribution in [3.05, 3.63) is 48.7 Å². The fourth-order valence-corrected chi connectivity index (χ4v) is 3.01. The maximum atomic E-state index is 5.40. The van der Waals surface area contributed by atoms with Crippen molar-refractivity contribution in [1.82, 2.24) is 15.2 Å². The normalized spacial score (nSPS) is 11.9. The molecule has 0 fully saturated rings. The van der Waals surface area contributed by atoms with Crippen molar-refractivity contribution in [2.75, 3.05) is 35.4 Å². The van der Waals surface area contributed by atoms with Crippen LogP contribution in [0.3, 0.4) is 0 Å². The van der Waals surface area contributed by atoms with Gasteiger partial charge in [-0.15, -0.1) is 5.10 Å². The lowest BCUT2D eigenvalue weighted by Gasteiger charge is -2.21. The third-order valence-corrected chi connectivity index (χ3v) is 4.46. The molecule has 2 heterocycles. The van der Waals surface area contributed by atoms with E-state index in [1.54, 1.807) is 6.20 Å². The Hall–Kier alpha value is -3.55. The maximum Gasteiger partial charge on any atom is 0.249 e. The van der Waals surface area contributed by atoms with E-state index in [1.165, 1.54) is 5.69 Å². The second-order valence-corrected chi connectivity index (χ2v) is 6.20. The molecule has 0 saturated carbocycles. The summed E-state index contributed by atoms with van der Waals surface area (Å²) in [7, 11) is 0. The summed E-state index contributed by atoms with van der Waals surface area (Å²) in [6, 6.07) is 13.8. The smallest absolute Gasteiger partial charge is 0.249 e. The van der Waals surface area contributed by atoms with Crippen molar-refractivity contribution in [1.29, 1.82) is 0 Å². The monoisotopic (exact) mass is 378 g/mol. The molecule has 1 aromatic heterocycles. The molecule has 0 unspecified atom stereocenters. The van der Waals surface area contributed by atoms with Crippen molar-refractivity contribution in [2.45, 2.75) is 13.8 Å². The Kier molecular flexibility index (Phi) is 5.09. The molecule has 4 rings (SSSR count). The first-order chi connectivity index (χ1) is 13.7. The van der Waals surface area contributed by atoms with Crippen LogP contribution in [0.15, 0.2) is 48.7 Å². The number of nitrogens with one attached hydrogen (secondary N) is 2. The zero-order valence-electron chi connectivity index (χ0n) is 15.8. The minimum atomic E-state index is 0.245. The Morgan fingerprint density at radius 3 is 2.46 bits per heavy atom. The van der Waals surface area contributed by atoms with Gasteiger partial charge in [-0.05, 0) is 50.2 Å². The molecule has 144 valence electrons. The van der Waals surface area contributed by atoms with Crippen LogP contribution < -0.4 is 25.0 Å². The zero-order valence-corrected chi connectivity index (χ0v) is 15.8. The van der Waals surface area contributed by atoms with Crippen LogP contribution in [0.5, 0.6) is 11.5 Å². The second kappa shape index (κ2) is 7.99. The van der Waals surface area contributed by atoms with E-state index in [9.17, 15) is 0 Å². The van der Waals surface area contributed by atoms with Crippen LogP contribution in [0.1, 0.15) is 13.8 Å². The van der Waals surface area contributed by atoms with Gasteiger partial charge in [0.25, 0.3) is 0 Å². The van der Waals surface area contributed by atoms with E-state index in [-0.39, 0.29) is 6.79 Å². The summed E-state index contributed by atoms with van der Waals surface area (Å²) >= 11 is 0. The summed E-state index contributed by atoms with van der Waals surface area (Å²) in [5, 5.41) is 14.5. The topological polar surface area (TPSA) is 84.4 Å². The molecule has 28 heavy (non-hydrogen) atoms. The molecule has 2 aromatic carbocycles. The molecule has 0 radical (unpaired) electrons. The van der Waals surface area contributed by atoms with Crippen molar-refractivity contribution < 1.29 is 9.47 Å². The number of fused-ring (bicyclic) bond motifs is 1. The van der Waals surface area contributed by atoms with Crippen molar-refractivity contribution in [2.24, 2.45) is 0 Å². The Bertz CT molecular complexity index is 944. The molecule has 2 N–H and O–H groups in total. The number of anilines is 5. The fraction of sp³-hybridized carbons (Fsp3) is 0.250. The Labute approximate surface area is 163 Å². The van der Waals surface area contributed by atoms with Gasteiger partial charge in [0.2, 0.25) is 12.7 Å². The molecule has 8 nitrogen and oxygen atoms in total. The summed E-state index contributed by atoms with van der Waals surface area (Å²) in [6.45, 7) is 6.49. The van der Waals surface area contributed by atoms with Crippen molar-refractivity contribution >= 4 is 28.8 Å². The summed E-state index contributed by atoms with van der Waals surface area (Å²) in [5.74, 6) is 2.44. The Balaban J connectivity index is 1.45. The lowest BCUT2D eigenvalue weighted by molar-refractivity contribution is 0.174. The molecule has 8 heteroatoms. The van der Waals surface area contributed by atoms with Gasteiger partial charge in [-0.3, -0.25) is 0 Å². The molecule has 0 bridgehead atoms. The molecule has 3 aromatic rings. The molecule has 0 aliphatic carbocycles. The van der Waals surface area contributed by atoms with Crippen molar-refractivity contribution in [3.8, 4) is 11.5 Å². The largest absolute Gasteiger partial charge is 0.454 e. The summed E-state index contributed by atoms with van der Waals surface area (Å²) in [5.41, 5.74) is 2.92. The zero-order chi connectivity index (χ0) is 19.3. The van der Waals surface area contributed by atoms with Crippen LogP contribution in [0.25, 0.3) is 0 Å². The van der Waals surface area contributed by atoms with E-state index in [1.807, 2.05) is 30.3 Å². The summed E-state index contributed by atoms with van der Waals surface area (Å²) < 4.78 is 10.7. The molecule has 1 aliphatic rings. The third-order valence-electron chi connectivity index (χ3n) is 4.46. The first kappa shape index (κ1) is 17.8. The maximum absolute atomic E-state index is 5.40. The highest BCUT2D eigenvalue weighted by Crippen LogP contribution is 2.34. The highest BCUT2D eigenvalue weighted by atomic mass is 16.7. The molecule has 0 amide bonds. The minimum absolute atomic E-state index is 0.245. The lowest BCUT2D eigenvalue weighted by Crippen LogP contribution is -2.21. The molecular weight excluding hydrogens is 356 g/mol. The number of rotatable bonds is 7. The van der Waals surface area contributed by atoms with Gasteiger partial charge >= 0.3 is 0 Å². The van der Waals surface area contributed by atoms with Crippen LogP contribution in [-0.2, 0) is 0 Å². The summed E-state index contributed by atoms with van der Waals surface area (Å²) in [4.78, 5) is 6.76. The highest BCUT2D eigenvalue weighted by Gasteiger charge is 2.13. The van der Waals surface area contributed by atoms with Crippen LogP contribution in [0, 0.1) is 0 Å². The number of nitrogens with zero attached hydrogens (tertiary/aromatic N) is 4.